The van der Waals surface area contributed by atoms with Crippen molar-refractivity contribution in [1.82, 2.24) is 9.97 Å². The molecule has 4 rings (SSSR count). The minimum Gasteiger partial charge on any atom is -0.393 e. The van der Waals surface area contributed by atoms with Gasteiger partial charge < -0.3 is 20.5 Å². The van der Waals surface area contributed by atoms with Gasteiger partial charge in [-0.15, -0.1) is 0 Å². The molecule has 2 fully saturated rings. The van der Waals surface area contributed by atoms with E-state index in [1.165, 1.54) is 0 Å². The number of aliphatic hydroxyl groups is 1. The zero-order chi connectivity index (χ0) is 19.3. The first-order chi connectivity index (χ1) is 13.7. The first-order valence-corrected chi connectivity index (χ1v) is 10.5. The summed E-state index contributed by atoms with van der Waals surface area (Å²) >= 11 is 6.42. The quantitative estimate of drug-likeness (QED) is 0.675. The van der Waals surface area contributed by atoms with Crippen molar-refractivity contribution in [2.45, 2.75) is 56.8 Å². The van der Waals surface area contributed by atoms with Gasteiger partial charge in [0.25, 0.3) is 0 Å². The Balaban J connectivity index is 1.46. The molecule has 7 heteroatoms. The van der Waals surface area contributed by atoms with E-state index in [1.807, 2.05) is 24.3 Å². The number of nitrogens with one attached hydrogen (secondary N) is 2. The summed E-state index contributed by atoms with van der Waals surface area (Å²) in [5.41, 5.74) is 1.67. The third-order valence-electron chi connectivity index (χ3n) is 5.46. The monoisotopic (exact) mass is 402 g/mol. The van der Waals surface area contributed by atoms with E-state index in [0.717, 1.165) is 74.6 Å². The summed E-state index contributed by atoms with van der Waals surface area (Å²) in [6.07, 6.45) is 7.55. The van der Waals surface area contributed by atoms with Gasteiger partial charge in [0.05, 0.1) is 22.9 Å². The van der Waals surface area contributed by atoms with Crippen LogP contribution in [0, 0.1) is 0 Å². The fourth-order valence-electron chi connectivity index (χ4n) is 3.85. The van der Waals surface area contributed by atoms with Crippen molar-refractivity contribution in [2.75, 3.05) is 23.8 Å². The maximum Gasteiger partial charge on any atom is 0.126 e. The van der Waals surface area contributed by atoms with E-state index < -0.39 is 0 Å². The van der Waals surface area contributed by atoms with Crippen LogP contribution in [0.3, 0.4) is 0 Å². The van der Waals surface area contributed by atoms with Gasteiger partial charge in [-0.25, -0.2) is 9.97 Å². The molecule has 2 aromatic rings. The third-order valence-corrected chi connectivity index (χ3v) is 5.77. The van der Waals surface area contributed by atoms with Gasteiger partial charge in [-0.05, 0) is 56.7 Å². The van der Waals surface area contributed by atoms with Crippen LogP contribution in [0.1, 0.15) is 38.5 Å². The van der Waals surface area contributed by atoms with Crippen molar-refractivity contribution in [3.05, 3.63) is 35.5 Å². The number of aromatic nitrogens is 2. The van der Waals surface area contributed by atoms with Crippen LogP contribution in [0.4, 0.5) is 11.6 Å². The molecule has 2 aliphatic rings. The van der Waals surface area contributed by atoms with Crippen LogP contribution < -0.4 is 10.6 Å². The molecule has 2 aromatic heterocycles. The van der Waals surface area contributed by atoms with E-state index in [2.05, 4.69) is 15.6 Å². The van der Waals surface area contributed by atoms with Crippen molar-refractivity contribution in [2.24, 2.45) is 0 Å². The van der Waals surface area contributed by atoms with E-state index in [1.54, 1.807) is 6.20 Å². The minimum atomic E-state index is -0.166. The second-order valence-electron chi connectivity index (χ2n) is 7.62. The number of nitrogens with zero attached hydrogens (tertiary/aromatic N) is 2. The molecular weight excluding hydrogens is 376 g/mol. The van der Waals surface area contributed by atoms with Gasteiger partial charge in [0, 0.05) is 31.0 Å². The Morgan fingerprint density at radius 3 is 2.79 bits per heavy atom. The number of anilines is 2. The summed E-state index contributed by atoms with van der Waals surface area (Å²) < 4.78 is 5.66. The number of ether oxygens (including phenoxy) is 1. The maximum atomic E-state index is 9.68. The molecule has 1 saturated carbocycles. The summed E-state index contributed by atoms with van der Waals surface area (Å²) in [7, 11) is 0. The number of rotatable bonds is 6. The SMILES string of the molecule is OC1CCC(Nc2cc(-c3cccc(NCC4CCCO4)n3)c(Cl)cn2)CC1. The van der Waals surface area contributed by atoms with Crippen LogP contribution in [0.15, 0.2) is 30.5 Å². The Hall–Kier alpha value is -1.89. The average molecular weight is 403 g/mol. The van der Waals surface area contributed by atoms with E-state index in [-0.39, 0.29) is 12.2 Å². The lowest BCUT2D eigenvalue weighted by Gasteiger charge is -2.26. The molecule has 0 bridgehead atoms. The highest BCUT2D eigenvalue weighted by atomic mass is 35.5. The third kappa shape index (κ3) is 4.93. The van der Waals surface area contributed by atoms with Crippen molar-refractivity contribution >= 4 is 23.2 Å². The van der Waals surface area contributed by atoms with Crippen LogP contribution in [0.25, 0.3) is 11.3 Å². The lowest BCUT2D eigenvalue weighted by Crippen LogP contribution is -2.28. The molecule has 1 unspecified atom stereocenters. The molecule has 1 aliphatic heterocycles. The Labute approximate surface area is 170 Å². The molecular formula is C21H27ClN4O2. The van der Waals surface area contributed by atoms with Crippen LogP contribution >= 0.6 is 11.6 Å². The number of hydrogen-bond acceptors (Lipinski definition) is 6. The first kappa shape index (κ1) is 19.4. The smallest absolute Gasteiger partial charge is 0.126 e. The summed E-state index contributed by atoms with van der Waals surface area (Å²) in [6.45, 7) is 1.61. The number of pyridine rings is 2. The fraction of sp³-hybridized carbons (Fsp3) is 0.524. The van der Waals surface area contributed by atoms with Gasteiger partial charge in [-0.1, -0.05) is 17.7 Å². The van der Waals surface area contributed by atoms with Crippen LogP contribution in [-0.2, 0) is 4.74 Å². The molecule has 3 N–H and O–H groups in total. The van der Waals surface area contributed by atoms with E-state index in [4.69, 9.17) is 21.3 Å². The summed E-state index contributed by atoms with van der Waals surface area (Å²) in [6, 6.07) is 8.18. The van der Waals surface area contributed by atoms with E-state index in [0.29, 0.717) is 11.1 Å². The predicted octanol–water partition coefficient (Wildman–Crippen LogP) is 4.10. The Morgan fingerprint density at radius 2 is 2.00 bits per heavy atom. The molecule has 1 atom stereocenters. The van der Waals surface area contributed by atoms with Crippen LogP contribution in [-0.4, -0.2) is 46.5 Å². The van der Waals surface area contributed by atoms with Gasteiger partial charge in [0.1, 0.15) is 11.6 Å². The standard InChI is InChI=1S/C21H27ClN4O2/c22-18-13-24-21(25-14-6-8-15(27)9-7-14)11-17(18)19-4-1-5-20(26-19)23-12-16-3-2-10-28-16/h1,4-5,11,13-16,27H,2-3,6-10,12H2,(H,23,26)(H,24,25). The van der Waals surface area contributed by atoms with Crippen molar-refractivity contribution in [1.29, 1.82) is 0 Å². The second-order valence-corrected chi connectivity index (χ2v) is 8.03. The van der Waals surface area contributed by atoms with Crippen LogP contribution in [0.2, 0.25) is 5.02 Å². The minimum absolute atomic E-state index is 0.166. The lowest BCUT2D eigenvalue weighted by atomic mass is 9.93. The number of halogens is 1. The summed E-state index contributed by atoms with van der Waals surface area (Å²) in [5, 5.41) is 17.1. The molecule has 28 heavy (non-hydrogen) atoms. The molecule has 0 amide bonds. The second kappa shape index (κ2) is 9.07. The highest BCUT2D eigenvalue weighted by molar-refractivity contribution is 6.33. The number of hydrogen-bond donors (Lipinski definition) is 3. The predicted molar refractivity (Wildman–Crippen MR) is 112 cm³/mol. The van der Waals surface area contributed by atoms with E-state index in [9.17, 15) is 5.11 Å². The lowest BCUT2D eigenvalue weighted by molar-refractivity contribution is 0.120. The molecule has 1 aliphatic carbocycles. The highest BCUT2D eigenvalue weighted by Gasteiger charge is 2.20. The molecule has 0 radical (unpaired) electrons. The maximum absolute atomic E-state index is 9.68. The summed E-state index contributed by atoms with van der Waals surface area (Å²) in [5.74, 6) is 1.61. The normalized spacial score (nSPS) is 24.9. The van der Waals surface area contributed by atoms with Crippen molar-refractivity contribution < 1.29 is 9.84 Å². The molecule has 6 nitrogen and oxygen atoms in total. The van der Waals surface area contributed by atoms with Gasteiger partial charge in [0.2, 0.25) is 0 Å². The molecule has 0 spiro atoms. The van der Waals surface area contributed by atoms with Crippen molar-refractivity contribution in [3.63, 3.8) is 0 Å². The molecule has 150 valence electrons. The average Bonchev–Trinajstić information content (AvgIpc) is 3.23. The van der Waals surface area contributed by atoms with Crippen molar-refractivity contribution in [3.8, 4) is 11.3 Å². The summed E-state index contributed by atoms with van der Waals surface area (Å²) in [4.78, 5) is 9.15. The molecule has 3 heterocycles. The Morgan fingerprint density at radius 1 is 1.14 bits per heavy atom. The topological polar surface area (TPSA) is 79.3 Å². The van der Waals surface area contributed by atoms with E-state index >= 15 is 0 Å². The number of aliphatic hydroxyl groups excluding tert-OH is 1. The zero-order valence-electron chi connectivity index (χ0n) is 15.9. The molecule has 1 saturated heterocycles. The first-order valence-electron chi connectivity index (χ1n) is 10.1. The van der Waals surface area contributed by atoms with Gasteiger partial charge >= 0.3 is 0 Å². The van der Waals surface area contributed by atoms with Gasteiger partial charge in [-0.3, -0.25) is 0 Å². The largest absolute Gasteiger partial charge is 0.393 e. The molecule has 0 aromatic carbocycles. The Kier molecular flexibility index (Phi) is 6.29. The van der Waals surface area contributed by atoms with Crippen LogP contribution in [0.5, 0.6) is 0 Å². The Bertz CT molecular complexity index is 790. The fourth-order valence-corrected chi connectivity index (χ4v) is 4.05. The van der Waals surface area contributed by atoms with Gasteiger partial charge in [-0.2, -0.15) is 0 Å². The van der Waals surface area contributed by atoms with Gasteiger partial charge in [0.15, 0.2) is 0 Å². The highest BCUT2D eigenvalue weighted by Crippen LogP contribution is 2.30. The zero-order valence-corrected chi connectivity index (χ0v) is 16.7.